The summed E-state index contributed by atoms with van der Waals surface area (Å²) in [5.41, 5.74) is 3.03. The van der Waals surface area contributed by atoms with Gasteiger partial charge in [0.1, 0.15) is 17.0 Å². The highest BCUT2D eigenvalue weighted by Gasteiger charge is 2.42. The van der Waals surface area contributed by atoms with E-state index in [1.54, 1.807) is 6.20 Å². The number of carbonyl (C=O) groups is 1. The van der Waals surface area contributed by atoms with Crippen LogP contribution in [0.4, 0.5) is 0 Å². The van der Waals surface area contributed by atoms with Crippen LogP contribution in [0.1, 0.15) is 28.0 Å². The van der Waals surface area contributed by atoms with Gasteiger partial charge in [-0.2, -0.15) is 0 Å². The summed E-state index contributed by atoms with van der Waals surface area (Å²) in [6.45, 7) is 0.436. The van der Waals surface area contributed by atoms with Gasteiger partial charge < -0.3 is 15.0 Å². The summed E-state index contributed by atoms with van der Waals surface area (Å²) in [5.74, 6) is 0.347. The molecule has 158 valence electrons. The fourth-order valence-electron chi connectivity index (χ4n) is 4.13. The molecule has 2 aromatic heterocycles. The smallest absolute Gasteiger partial charge is 0.253 e. The van der Waals surface area contributed by atoms with Crippen molar-refractivity contribution in [3.05, 3.63) is 118 Å². The zero-order chi connectivity index (χ0) is 22.0. The average molecular weight is 423 g/mol. The standard InChI is InChI=1S/C26H21N3O3/c30-23-13-10-20(17-28-23)25(31)29-26(14-16-32-22-7-4-15-27-24(22)26)21-11-8-19(9-12-21)18-5-2-1-3-6-18/h1-13,15,17H,14,16H2,(H,28,30)(H,29,31). The molecule has 1 unspecified atom stereocenters. The Balaban J connectivity index is 1.59. The highest BCUT2D eigenvalue weighted by molar-refractivity contribution is 5.94. The van der Waals surface area contributed by atoms with Crippen LogP contribution < -0.4 is 15.6 Å². The van der Waals surface area contributed by atoms with E-state index in [0.717, 1.165) is 16.7 Å². The normalized spacial score (nSPS) is 17.1. The molecule has 2 aromatic carbocycles. The Kier molecular flexibility index (Phi) is 5.03. The zero-order valence-corrected chi connectivity index (χ0v) is 17.2. The number of benzene rings is 2. The first-order valence-corrected chi connectivity index (χ1v) is 10.4. The van der Waals surface area contributed by atoms with Gasteiger partial charge >= 0.3 is 0 Å². The van der Waals surface area contributed by atoms with Gasteiger partial charge in [0.15, 0.2) is 0 Å². The number of ether oxygens (including phenoxy) is 1. The van der Waals surface area contributed by atoms with Gasteiger partial charge in [-0.15, -0.1) is 0 Å². The number of hydrogen-bond acceptors (Lipinski definition) is 4. The molecular formula is C26H21N3O3. The maximum absolute atomic E-state index is 13.2. The molecule has 1 amide bonds. The first kappa shape index (κ1) is 19.8. The third-order valence-corrected chi connectivity index (χ3v) is 5.77. The van der Waals surface area contributed by atoms with Crippen LogP contribution in [-0.2, 0) is 5.54 Å². The maximum Gasteiger partial charge on any atom is 0.253 e. The van der Waals surface area contributed by atoms with Crippen LogP contribution in [-0.4, -0.2) is 22.5 Å². The van der Waals surface area contributed by atoms with Gasteiger partial charge in [0.25, 0.3) is 5.91 Å². The Bertz CT molecular complexity index is 1300. The minimum absolute atomic E-state index is 0.258. The van der Waals surface area contributed by atoms with E-state index < -0.39 is 5.54 Å². The predicted octanol–water partition coefficient (Wildman–Crippen LogP) is 3.89. The average Bonchev–Trinajstić information content (AvgIpc) is 2.85. The van der Waals surface area contributed by atoms with Crippen molar-refractivity contribution < 1.29 is 9.53 Å². The van der Waals surface area contributed by atoms with Crippen molar-refractivity contribution in [3.63, 3.8) is 0 Å². The molecule has 6 nitrogen and oxygen atoms in total. The molecule has 2 N–H and O–H groups in total. The van der Waals surface area contributed by atoms with Gasteiger partial charge in [0.2, 0.25) is 5.56 Å². The number of carbonyl (C=O) groups excluding carboxylic acids is 1. The van der Waals surface area contributed by atoms with Gasteiger partial charge in [-0.3, -0.25) is 14.6 Å². The van der Waals surface area contributed by atoms with Crippen LogP contribution in [0, 0.1) is 0 Å². The monoisotopic (exact) mass is 423 g/mol. The number of aromatic nitrogens is 2. The summed E-state index contributed by atoms with van der Waals surface area (Å²) in [6.07, 6.45) is 3.64. The number of amides is 1. The van der Waals surface area contributed by atoms with E-state index in [0.29, 0.717) is 30.0 Å². The van der Waals surface area contributed by atoms with E-state index in [2.05, 4.69) is 39.6 Å². The molecule has 5 rings (SSSR count). The number of fused-ring (bicyclic) bond motifs is 1. The minimum atomic E-state index is -0.864. The molecule has 1 aliphatic rings. The quantitative estimate of drug-likeness (QED) is 0.522. The lowest BCUT2D eigenvalue weighted by Crippen LogP contribution is -2.50. The van der Waals surface area contributed by atoms with Gasteiger partial charge in [0, 0.05) is 24.9 Å². The molecule has 4 aromatic rings. The number of nitrogens with zero attached hydrogens (tertiary/aromatic N) is 1. The highest BCUT2D eigenvalue weighted by Crippen LogP contribution is 2.41. The summed E-state index contributed by atoms with van der Waals surface area (Å²) in [5, 5.41) is 3.20. The summed E-state index contributed by atoms with van der Waals surface area (Å²) >= 11 is 0. The predicted molar refractivity (Wildman–Crippen MR) is 122 cm³/mol. The molecule has 0 radical (unpaired) electrons. The van der Waals surface area contributed by atoms with Crippen molar-refractivity contribution in [2.24, 2.45) is 0 Å². The van der Waals surface area contributed by atoms with Crippen molar-refractivity contribution >= 4 is 5.91 Å². The molecule has 32 heavy (non-hydrogen) atoms. The molecule has 3 heterocycles. The van der Waals surface area contributed by atoms with Gasteiger partial charge in [0.05, 0.1) is 12.2 Å². The SMILES string of the molecule is O=C(NC1(c2ccc(-c3ccccc3)cc2)CCOc2cccnc21)c1ccc(=O)[nH]c1. The Morgan fingerprint density at radius 1 is 0.938 bits per heavy atom. The lowest BCUT2D eigenvalue weighted by atomic mass is 9.80. The summed E-state index contributed by atoms with van der Waals surface area (Å²) < 4.78 is 5.83. The summed E-state index contributed by atoms with van der Waals surface area (Å²) in [6, 6.07) is 24.8. The second-order valence-corrected chi connectivity index (χ2v) is 7.69. The van der Waals surface area contributed by atoms with E-state index in [4.69, 9.17) is 4.74 Å². The second kappa shape index (κ2) is 8.15. The van der Waals surface area contributed by atoms with E-state index in [1.165, 1.54) is 18.3 Å². The van der Waals surface area contributed by atoms with Crippen molar-refractivity contribution in [2.45, 2.75) is 12.0 Å². The minimum Gasteiger partial charge on any atom is -0.491 e. The Hall–Kier alpha value is -4.19. The number of aromatic amines is 1. The molecule has 0 saturated heterocycles. The third kappa shape index (κ3) is 3.56. The summed E-state index contributed by atoms with van der Waals surface area (Å²) in [7, 11) is 0. The first-order chi connectivity index (χ1) is 15.7. The fraction of sp³-hybridized carbons (Fsp3) is 0.115. The second-order valence-electron chi connectivity index (χ2n) is 7.69. The largest absolute Gasteiger partial charge is 0.491 e. The van der Waals surface area contributed by atoms with Gasteiger partial charge in [-0.25, -0.2) is 0 Å². The molecule has 0 bridgehead atoms. The third-order valence-electron chi connectivity index (χ3n) is 5.77. The molecule has 0 fully saturated rings. The molecule has 6 heteroatoms. The van der Waals surface area contributed by atoms with E-state index >= 15 is 0 Å². The Labute approximate surface area is 184 Å². The van der Waals surface area contributed by atoms with Crippen LogP contribution in [0.15, 0.2) is 96.1 Å². The highest BCUT2D eigenvalue weighted by atomic mass is 16.5. The molecule has 0 spiro atoms. The van der Waals surface area contributed by atoms with Crippen molar-refractivity contribution in [1.29, 1.82) is 0 Å². The maximum atomic E-state index is 13.2. The van der Waals surface area contributed by atoms with Crippen LogP contribution >= 0.6 is 0 Å². The van der Waals surface area contributed by atoms with Crippen molar-refractivity contribution in [3.8, 4) is 16.9 Å². The van der Waals surface area contributed by atoms with Crippen LogP contribution in [0.3, 0.4) is 0 Å². The topological polar surface area (TPSA) is 84.1 Å². The Morgan fingerprint density at radius 2 is 1.72 bits per heavy atom. The van der Waals surface area contributed by atoms with E-state index in [-0.39, 0.29) is 11.5 Å². The van der Waals surface area contributed by atoms with Crippen molar-refractivity contribution in [1.82, 2.24) is 15.3 Å². The summed E-state index contributed by atoms with van der Waals surface area (Å²) in [4.78, 5) is 31.8. The van der Waals surface area contributed by atoms with Gasteiger partial charge in [-0.05, 0) is 34.9 Å². The lowest BCUT2D eigenvalue weighted by Gasteiger charge is -2.39. The van der Waals surface area contributed by atoms with E-state index in [9.17, 15) is 9.59 Å². The Morgan fingerprint density at radius 3 is 2.47 bits per heavy atom. The molecule has 0 aliphatic carbocycles. The van der Waals surface area contributed by atoms with Crippen LogP contribution in [0.2, 0.25) is 0 Å². The molecular weight excluding hydrogens is 402 g/mol. The van der Waals surface area contributed by atoms with E-state index in [1.807, 2.05) is 42.5 Å². The zero-order valence-electron chi connectivity index (χ0n) is 17.2. The first-order valence-electron chi connectivity index (χ1n) is 10.4. The molecule has 1 aliphatic heterocycles. The fourth-order valence-corrected chi connectivity index (χ4v) is 4.13. The molecule has 1 atom stereocenters. The number of nitrogens with one attached hydrogen (secondary N) is 2. The van der Waals surface area contributed by atoms with Crippen LogP contribution in [0.25, 0.3) is 11.1 Å². The molecule has 0 saturated carbocycles. The number of hydrogen-bond donors (Lipinski definition) is 2. The van der Waals surface area contributed by atoms with Gasteiger partial charge in [-0.1, -0.05) is 54.6 Å². The number of pyridine rings is 2. The van der Waals surface area contributed by atoms with Crippen molar-refractivity contribution in [2.75, 3.05) is 6.61 Å². The lowest BCUT2D eigenvalue weighted by molar-refractivity contribution is 0.0883. The van der Waals surface area contributed by atoms with Crippen LogP contribution in [0.5, 0.6) is 5.75 Å². The number of H-pyrrole nitrogens is 1. The number of rotatable bonds is 4.